The monoisotopic (exact) mass is 227 g/mol. The Labute approximate surface area is 90.9 Å². The van der Waals surface area contributed by atoms with Crippen molar-refractivity contribution in [3.63, 3.8) is 0 Å². The summed E-state index contributed by atoms with van der Waals surface area (Å²) in [6.07, 6.45) is -1.43. The Hall–Kier alpha value is -1.27. The van der Waals surface area contributed by atoms with E-state index in [0.717, 1.165) is 11.3 Å². The minimum absolute atomic E-state index is 0.276. The van der Waals surface area contributed by atoms with Crippen molar-refractivity contribution in [2.75, 3.05) is 5.73 Å². The number of nitrogen functional groups attached to an aromatic ring is 1. The summed E-state index contributed by atoms with van der Waals surface area (Å²) >= 11 is 1.14. The van der Waals surface area contributed by atoms with E-state index in [1.165, 1.54) is 12.3 Å². The van der Waals surface area contributed by atoms with Gasteiger partial charge in [-0.25, -0.2) is 4.98 Å². The number of aromatic nitrogens is 1. The predicted octanol–water partition coefficient (Wildman–Crippen LogP) is 0.162. The first-order valence-corrected chi connectivity index (χ1v) is 5.07. The highest BCUT2D eigenvalue weighted by Gasteiger charge is 2.30. The maximum absolute atomic E-state index is 11.5. The lowest BCUT2D eigenvalue weighted by Gasteiger charge is -2.11. The zero-order valence-electron chi connectivity index (χ0n) is 8.14. The molecule has 0 aromatic carbocycles. The fraction of sp³-hybridized carbons (Fsp3) is 0.333. The third-order valence-electron chi connectivity index (χ3n) is 1.85. The highest BCUT2D eigenvalue weighted by molar-refractivity contribution is 7.13. The molecule has 1 aromatic rings. The zero-order chi connectivity index (χ0) is 11.6. The molecule has 0 bridgehead atoms. The van der Waals surface area contributed by atoms with Gasteiger partial charge in [-0.2, -0.15) is 0 Å². The van der Waals surface area contributed by atoms with Crippen LogP contribution in [0.15, 0.2) is 5.38 Å². The molecule has 3 N–H and O–H groups in total. The van der Waals surface area contributed by atoms with Gasteiger partial charge in [0.1, 0.15) is 17.8 Å². The number of anilines is 1. The minimum atomic E-state index is -1.43. The van der Waals surface area contributed by atoms with Crippen LogP contribution < -0.4 is 5.73 Å². The molecule has 0 fully saturated rings. The van der Waals surface area contributed by atoms with Crippen molar-refractivity contribution in [2.24, 2.45) is 0 Å². The van der Waals surface area contributed by atoms with Crippen LogP contribution in [0.5, 0.6) is 0 Å². The maximum Gasteiger partial charge on any atom is 0.180 e. The molecule has 0 saturated carbocycles. The highest BCUT2D eigenvalue weighted by atomic mass is 32.1. The molecule has 1 radical (unpaired) electrons. The Morgan fingerprint density at radius 2 is 2.27 bits per heavy atom. The van der Waals surface area contributed by atoms with Crippen LogP contribution in [0.4, 0.5) is 5.13 Å². The number of nitrogens with zero attached hydrogens (tertiary/aromatic N) is 1. The van der Waals surface area contributed by atoms with Gasteiger partial charge in [0.2, 0.25) is 0 Å². The second kappa shape index (κ2) is 4.50. The number of carbonyl (C=O) groups excluding carboxylic acids is 2. The van der Waals surface area contributed by atoms with Gasteiger partial charge in [0.15, 0.2) is 10.9 Å². The molecular formula is C9H11N2O3S. The maximum atomic E-state index is 11.5. The average molecular weight is 227 g/mol. The molecule has 2 unspecified atom stereocenters. The number of thiazole rings is 1. The van der Waals surface area contributed by atoms with Gasteiger partial charge < -0.3 is 10.8 Å². The lowest BCUT2D eigenvalue weighted by atomic mass is 9.94. The molecule has 81 valence electrons. The number of aliphatic hydroxyl groups excluding tert-OH is 1. The summed E-state index contributed by atoms with van der Waals surface area (Å²) in [6.45, 7) is 4.44. The van der Waals surface area contributed by atoms with Crippen LogP contribution in [-0.2, 0) is 9.59 Å². The van der Waals surface area contributed by atoms with Gasteiger partial charge in [-0.15, -0.1) is 11.3 Å². The second-order valence-corrected chi connectivity index (χ2v) is 3.96. The van der Waals surface area contributed by atoms with Crippen LogP contribution in [0.2, 0.25) is 0 Å². The number of ketones is 2. The quantitative estimate of drug-likeness (QED) is 0.715. The van der Waals surface area contributed by atoms with Crippen LogP contribution in [0.1, 0.15) is 18.5 Å². The Morgan fingerprint density at radius 3 is 2.60 bits per heavy atom. The normalized spacial score (nSPS) is 14.6. The molecule has 1 heterocycles. The average Bonchev–Trinajstić information content (AvgIpc) is 2.51. The number of rotatable bonds is 4. The predicted molar refractivity (Wildman–Crippen MR) is 56.3 cm³/mol. The van der Waals surface area contributed by atoms with Gasteiger partial charge in [-0.1, -0.05) is 0 Å². The smallest absolute Gasteiger partial charge is 0.180 e. The van der Waals surface area contributed by atoms with E-state index >= 15 is 0 Å². The Kier molecular flexibility index (Phi) is 3.54. The van der Waals surface area contributed by atoms with E-state index in [1.54, 1.807) is 0 Å². The first kappa shape index (κ1) is 11.8. The highest BCUT2D eigenvalue weighted by Crippen LogP contribution is 2.22. The molecule has 1 rings (SSSR count). The molecule has 0 aliphatic rings. The molecule has 5 nitrogen and oxygen atoms in total. The van der Waals surface area contributed by atoms with Gasteiger partial charge in [-0.05, 0) is 13.8 Å². The summed E-state index contributed by atoms with van der Waals surface area (Å²) in [6, 6.07) is 0. The first-order valence-electron chi connectivity index (χ1n) is 4.19. The van der Waals surface area contributed by atoms with E-state index < -0.39 is 17.8 Å². The third kappa shape index (κ3) is 2.60. The molecule has 0 amide bonds. The second-order valence-electron chi connectivity index (χ2n) is 3.07. The fourth-order valence-corrected chi connectivity index (χ4v) is 1.77. The minimum Gasteiger partial charge on any atom is -0.385 e. The summed E-state index contributed by atoms with van der Waals surface area (Å²) < 4.78 is 0. The van der Waals surface area contributed by atoms with Gasteiger partial charge in [-0.3, -0.25) is 9.59 Å². The largest absolute Gasteiger partial charge is 0.385 e. The summed E-state index contributed by atoms with van der Waals surface area (Å²) in [5, 5.41) is 10.8. The van der Waals surface area contributed by atoms with Crippen molar-refractivity contribution in [3.05, 3.63) is 18.0 Å². The van der Waals surface area contributed by atoms with E-state index in [2.05, 4.69) is 11.9 Å². The first-order chi connectivity index (χ1) is 6.93. The lowest BCUT2D eigenvalue weighted by Crippen LogP contribution is -2.29. The van der Waals surface area contributed by atoms with Gasteiger partial charge in [0, 0.05) is 5.38 Å². The molecular weight excluding hydrogens is 216 g/mol. The van der Waals surface area contributed by atoms with Crippen molar-refractivity contribution in [3.8, 4) is 0 Å². The van der Waals surface area contributed by atoms with Gasteiger partial charge in [0.25, 0.3) is 0 Å². The topological polar surface area (TPSA) is 93.3 Å². The molecule has 0 aliphatic carbocycles. The van der Waals surface area contributed by atoms with Crippen molar-refractivity contribution < 1.29 is 14.7 Å². The number of aliphatic hydroxyl groups is 1. The van der Waals surface area contributed by atoms with E-state index in [9.17, 15) is 9.59 Å². The molecule has 15 heavy (non-hydrogen) atoms. The van der Waals surface area contributed by atoms with E-state index in [0.29, 0.717) is 0 Å². The zero-order valence-corrected chi connectivity index (χ0v) is 8.95. The molecule has 2 atom stereocenters. The van der Waals surface area contributed by atoms with Crippen molar-refractivity contribution in [2.45, 2.75) is 18.9 Å². The fourth-order valence-electron chi connectivity index (χ4n) is 1.18. The van der Waals surface area contributed by atoms with E-state index in [4.69, 9.17) is 10.8 Å². The molecule has 0 saturated heterocycles. The van der Waals surface area contributed by atoms with Crippen molar-refractivity contribution in [1.29, 1.82) is 0 Å². The van der Waals surface area contributed by atoms with Crippen LogP contribution in [-0.4, -0.2) is 27.8 Å². The number of hydrogen-bond donors (Lipinski definition) is 2. The van der Waals surface area contributed by atoms with Crippen LogP contribution in [0, 0.1) is 6.92 Å². The van der Waals surface area contributed by atoms with Crippen LogP contribution in [0.25, 0.3) is 0 Å². The summed E-state index contributed by atoms with van der Waals surface area (Å²) in [5.41, 5.74) is 5.68. The molecule has 1 aromatic heterocycles. The van der Waals surface area contributed by atoms with Crippen molar-refractivity contribution >= 4 is 28.0 Å². The number of carbonyl (C=O) groups is 2. The Bertz CT molecular complexity index is 386. The standard InChI is InChI=1S/C9H11N2O3S/c1-4(12)7(8(14)5(2)13)6-3-15-9(10)11-6/h3,5,7,13H,2H2,1H3,(H2,10,11). The number of nitrogens with two attached hydrogens (primary N) is 1. The van der Waals surface area contributed by atoms with E-state index in [1.807, 2.05) is 0 Å². The van der Waals surface area contributed by atoms with E-state index in [-0.39, 0.29) is 16.6 Å². The van der Waals surface area contributed by atoms with Gasteiger partial charge >= 0.3 is 0 Å². The number of Topliss-reactive ketones (excluding diaryl/α,β-unsaturated/α-hetero) is 2. The SMILES string of the molecule is [CH2]C(O)C(=O)C(C(C)=O)c1csc(N)n1. The molecule has 0 aliphatic heterocycles. The Balaban J connectivity index is 3.04. The van der Waals surface area contributed by atoms with Crippen molar-refractivity contribution in [1.82, 2.24) is 4.98 Å². The van der Waals surface area contributed by atoms with Gasteiger partial charge in [0.05, 0.1) is 5.69 Å². The lowest BCUT2D eigenvalue weighted by molar-refractivity contribution is -0.132. The Morgan fingerprint density at radius 1 is 1.67 bits per heavy atom. The van der Waals surface area contributed by atoms with Crippen LogP contribution >= 0.6 is 11.3 Å². The summed E-state index contributed by atoms with van der Waals surface area (Å²) in [7, 11) is 0. The number of hydrogen-bond acceptors (Lipinski definition) is 6. The third-order valence-corrected chi connectivity index (χ3v) is 2.55. The molecule has 6 heteroatoms. The summed E-state index contributed by atoms with van der Waals surface area (Å²) in [4.78, 5) is 26.6. The summed E-state index contributed by atoms with van der Waals surface area (Å²) in [5.74, 6) is -2.10. The van der Waals surface area contributed by atoms with Crippen LogP contribution in [0.3, 0.4) is 0 Å². The molecule has 0 spiro atoms.